The van der Waals surface area contributed by atoms with Crippen LogP contribution < -0.4 is 5.73 Å². The summed E-state index contributed by atoms with van der Waals surface area (Å²) in [6.45, 7) is 0. The van der Waals surface area contributed by atoms with Crippen molar-refractivity contribution in [1.29, 1.82) is 0 Å². The lowest BCUT2D eigenvalue weighted by molar-refractivity contribution is 0.416. The third-order valence-corrected chi connectivity index (χ3v) is 3.82. The van der Waals surface area contributed by atoms with Crippen molar-refractivity contribution >= 4 is 0 Å². The molecule has 1 heterocycles. The van der Waals surface area contributed by atoms with Crippen molar-refractivity contribution in [1.82, 2.24) is 9.97 Å². The van der Waals surface area contributed by atoms with Crippen LogP contribution >= 0.6 is 0 Å². The molecule has 2 N–H and O–H groups in total. The third kappa shape index (κ3) is 2.02. The minimum Gasteiger partial charge on any atom is -0.320 e. The highest BCUT2D eigenvalue weighted by Gasteiger charge is 2.24. The quantitative estimate of drug-likeness (QED) is 0.896. The van der Waals surface area contributed by atoms with E-state index in [1.165, 1.54) is 36.7 Å². The van der Waals surface area contributed by atoms with E-state index in [0.717, 1.165) is 5.56 Å². The van der Waals surface area contributed by atoms with E-state index in [2.05, 4.69) is 34.2 Å². The molecule has 1 aliphatic rings. The van der Waals surface area contributed by atoms with E-state index in [9.17, 15) is 0 Å². The summed E-state index contributed by atoms with van der Waals surface area (Å²) in [5.41, 5.74) is 9.95. The van der Waals surface area contributed by atoms with Crippen molar-refractivity contribution in [2.75, 3.05) is 0 Å². The van der Waals surface area contributed by atoms with E-state index in [0.29, 0.717) is 5.92 Å². The molecule has 1 saturated carbocycles. The van der Waals surface area contributed by atoms with Crippen molar-refractivity contribution in [3.05, 3.63) is 59.7 Å². The first kappa shape index (κ1) is 11.4. The molecule has 0 radical (unpaired) electrons. The molecule has 0 saturated heterocycles. The fraction of sp³-hybridized carbons (Fsp3) is 0.333. The maximum atomic E-state index is 6.35. The summed E-state index contributed by atoms with van der Waals surface area (Å²) in [6.07, 6.45) is 9.05. The Hall–Kier alpha value is -1.74. The molecule has 0 aliphatic heterocycles. The lowest BCUT2D eigenvalue weighted by atomic mass is 9.77. The number of rotatable bonds is 3. The molecule has 1 atom stereocenters. The zero-order valence-electron chi connectivity index (χ0n) is 10.3. The predicted octanol–water partition coefficient (Wildman–Crippen LogP) is 2.79. The van der Waals surface area contributed by atoms with E-state index >= 15 is 0 Å². The Morgan fingerprint density at radius 3 is 2.50 bits per heavy atom. The second-order valence-electron chi connectivity index (χ2n) is 4.91. The van der Waals surface area contributed by atoms with Gasteiger partial charge in [0, 0.05) is 18.0 Å². The van der Waals surface area contributed by atoms with Crippen LogP contribution in [0.5, 0.6) is 0 Å². The van der Waals surface area contributed by atoms with Crippen LogP contribution in [0.3, 0.4) is 0 Å². The van der Waals surface area contributed by atoms with Gasteiger partial charge in [-0.15, -0.1) is 0 Å². The molecule has 18 heavy (non-hydrogen) atoms. The van der Waals surface area contributed by atoms with Gasteiger partial charge < -0.3 is 5.73 Å². The van der Waals surface area contributed by atoms with Crippen LogP contribution in [0, 0.1) is 0 Å². The molecule has 3 rings (SSSR count). The first-order valence-electron chi connectivity index (χ1n) is 6.45. The lowest BCUT2D eigenvalue weighted by Crippen LogP contribution is -2.18. The molecule has 3 nitrogen and oxygen atoms in total. The van der Waals surface area contributed by atoms with Crippen molar-refractivity contribution in [2.45, 2.75) is 31.2 Å². The van der Waals surface area contributed by atoms with E-state index in [4.69, 9.17) is 5.73 Å². The molecular formula is C15H17N3. The van der Waals surface area contributed by atoms with Crippen LogP contribution in [0.1, 0.15) is 47.9 Å². The van der Waals surface area contributed by atoms with Crippen LogP contribution in [-0.2, 0) is 0 Å². The average Bonchev–Trinajstić information content (AvgIpc) is 2.38. The number of benzene rings is 1. The number of hydrogen-bond donors (Lipinski definition) is 1. The van der Waals surface area contributed by atoms with Crippen molar-refractivity contribution in [2.24, 2.45) is 5.73 Å². The zero-order chi connectivity index (χ0) is 12.4. The summed E-state index contributed by atoms with van der Waals surface area (Å²) in [4.78, 5) is 8.10. The monoisotopic (exact) mass is 239 g/mol. The highest BCUT2D eigenvalue weighted by Crippen LogP contribution is 2.39. The fourth-order valence-corrected chi connectivity index (χ4v) is 2.54. The Morgan fingerprint density at radius 2 is 1.83 bits per heavy atom. The standard InChI is InChI=1S/C15H17N3/c16-15(12-8-17-10-18-9-12)14-7-2-1-6-13(14)11-4-3-5-11/h1-2,6-11,15H,3-5,16H2. The van der Waals surface area contributed by atoms with Gasteiger partial charge in [-0.2, -0.15) is 0 Å². The van der Waals surface area contributed by atoms with Gasteiger partial charge in [-0.1, -0.05) is 30.7 Å². The maximum absolute atomic E-state index is 6.35. The first-order chi connectivity index (χ1) is 8.86. The van der Waals surface area contributed by atoms with Crippen LogP contribution in [-0.4, -0.2) is 9.97 Å². The number of hydrogen-bond acceptors (Lipinski definition) is 3. The van der Waals surface area contributed by atoms with Gasteiger partial charge in [-0.3, -0.25) is 0 Å². The minimum atomic E-state index is -0.122. The Bertz CT molecular complexity index is 520. The van der Waals surface area contributed by atoms with Gasteiger partial charge in [0.05, 0.1) is 6.04 Å². The number of aromatic nitrogens is 2. The SMILES string of the molecule is NC(c1cncnc1)c1ccccc1C1CCC1. The largest absolute Gasteiger partial charge is 0.320 e. The fourth-order valence-electron chi connectivity index (χ4n) is 2.54. The molecule has 2 aromatic rings. The molecule has 1 aromatic heterocycles. The Balaban J connectivity index is 1.96. The van der Waals surface area contributed by atoms with Crippen molar-refractivity contribution < 1.29 is 0 Å². The first-order valence-corrected chi connectivity index (χ1v) is 6.45. The summed E-state index contributed by atoms with van der Waals surface area (Å²) in [5.74, 6) is 0.692. The summed E-state index contributed by atoms with van der Waals surface area (Å²) < 4.78 is 0. The Kier molecular flexibility index (Phi) is 3.07. The number of nitrogens with zero attached hydrogens (tertiary/aromatic N) is 2. The second kappa shape index (κ2) is 4.86. The molecule has 3 heteroatoms. The van der Waals surface area contributed by atoms with E-state index in [-0.39, 0.29) is 6.04 Å². The summed E-state index contributed by atoms with van der Waals surface area (Å²) in [6, 6.07) is 8.38. The maximum Gasteiger partial charge on any atom is 0.115 e. The highest BCUT2D eigenvalue weighted by molar-refractivity contribution is 5.38. The van der Waals surface area contributed by atoms with Gasteiger partial charge in [-0.25, -0.2) is 9.97 Å². The van der Waals surface area contributed by atoms with Gasteiger partial charge in [0.1, 0.15) is 6.33 Å². The Morgan fingerprint density at radius 1 is 1.11 bits per heavy atom. The van der Waals surface area contributed by atoms with Crippen LogP contribution in [0.2, 0.25) is 0 Å². The highest BCUT2D eigenvalue weighted by atomic mass is 14.8. The zero-order valence-corrected chi connectivity index (χ0v) is 10.3. The van der Waals surface area contributed by atoms with Crippen molar-refractivity contribution in [3.63, 3.8) is 0 Å². The van der Waals surface area contributed by atoms with Gasteiger partial charge in [0.2, 0.25) is 0 Å². The van der Waals surface area contributed by atoms with Gasteiger partial charge in [-0.05, 0) is 29.9 Å². The van der Waals surface area contributed by atoms with Crippen LogP contribution in [0.15, 0.2) is 43.0 Å². The number of nitrogens with two attached hydrogens (primary N) is 1. The second-order valence-corrected chi connectivity index (χ2v) is 4.91. The normalized spacial score (nSPS) is 17.2. The molecule has 1 aliphatic carbocycles. The predicted molar refractivity (Wildman–Crippen MR) is 71.1 cm³/mol. The Labute approximate surface area is 107 Å². The van der Waals surface area contributed by atoms with E-state index in [1.54, 1.807) is 12.4 Å². The van der Waals surface area contributed by atoms with Gasteiger partial charge >= 0.3 is 0 Å². The topological polar surface area (TPSA) is 51.8 Å². The average molecular weight is 239 g/mol. The van der Waals surface area contributed by atoms with Crippen LogP contribution in [0.4, 0.5) is 0 Å². The molecule has 0 spiro atoms. The molecular weight excluding hydrogens is 222 g/mol. The molecule has 1 unspecified atom stereocenters. The summed E-state index contributed by atoms with van der Waals surface area (Å²) in [5, 5.41) is 0. The lowest BCUT2D eigenvalue weighted by Gasteiger charge is -2.29. The molecule has 1 fully saturated rings. The molecule has 0 bridgehead atoms. The summed E-state index contributed by atoms with van der Waals surface area (Å²) >= 11 is 0. The minimum absolute atomic E-state index is 0.122. The molecule has 1 aromatic carbocycles. The van der Waals surface area contributed by atoms with E-state index in [1.807, 2.05) is 0 Å². The molecule has 0 amide bonds. The van der Waals surface area contributed by atoms with Crippen LogP contribution in [0.25, 0.3) is 0 Å². The summed E-state index contributed by atoms with van der Waals surface area (Å²) in [7, 11) is 0. The smallest absolute Gasteiger partial charge is 0.115 e. The van der Waals surface area contributed by atoms with Gasteiger partial charge in [0.15, 0.2) is 0 Å². The molecule has 92 valence electrons. The third-order valence-electron chi connectivity index (χ3n) is 3.82. The van der Waals surface area contributed by atoms with E-state index < -0.39 is 0 Å². The van der Waals surface area contributed by atoms with Gasteiger partial charge in [0.25, 0.3) is 0 Å². The van der Waals surface area contributed by atoms with Crippen molar-refractivity contribution in [3.8, 4) is 0 Å².